The van der Waals surface area contributed by atoms with E-state index in [9.17, 15) is 18.0 Å². The van der Waals surface area contributed by atoms with Crippen molar-refractivity contribution in [2.75, 3.05) is 18.0 Å². The number of carbonyl (C=O) groups excluding carboxylic acids is 2. The van der Waals surface area contributed by atoms with Gasteiger partial charge in [0, 0.05) is 12.6 Å². The van der Waals surface area contributed by atoms with Crippen molar-refractivity contribution in [3.8, 4) is 5.75 Å². The highest BCUT2D eigenvalue weighted by molar-refractivity contribution is 7.92. The van der Waals surface area contributed by atoms with Gasteiger partial charge in [-0.15, -0.1) is 0 Å². The van der Waals surface area contributed by atoms with E-state index in [1.165, 1.54) is 24.1 Å². The van der Waals surface area contributed by atoms with Crippen LogP contribution in [-0.2, 0) is 26.2 Å². The van der Waals surface area contributed by atoms with Crippen LogP contribution >= 0.6 is 23.2 Å². The van der Waals surface area contributed by atoms with Crippen LogP contribution in [0.4, 0.5) is 5.69 Å². The summed E-state index contributed by atoms with van der Waals surface area (Å²) in [5.74, 6) is -0.591. The lowest BCUT2D eigenvalue weighted by molar-refractivity contribution is -0.139. The number of rotatable bonds is 11. The summed E-state index contributed by atoms with van der Waals surface area (Å²) in [6, 6.07) is 18.6. The Kier molecular flexibility index (Phi) is 10.8. The van der Waals surface area contributed by atoms with Gasteiger partial charge in [-0.3, -0.25) is 13.9 Å². The zero-order valence-corrected chi connectivity index (χ0v) is 26.0. The molecular formula is C31H35Cl2N3O5S. The number of carbonyl (C=O) groups is 2. The monoisotopic (exact) mass is 631 g/mol. The molecule has 3 aromatic rings. The van der Waals surface area contributed by atoms with E-state index in [0.717, 1.165) is 36.4 Å². The van der Waals surface area contributed by atoms with Gasteiger partial charge in [-0.2, -0.15) is 0 Å². The molecular weight excluding hydrogens is 597 g/mol. The lowest BCUT2D eigenvalue weighted by Gasteiger charge is -2.33. The molecule has 0 spiro atoms. The molecule has 42 heavy (non-hydrogen) atoms. The van der Waals surface area contributed by atoms with Gasteiger partial charge in [-0.05, 0) is 61.7 Å². The van der Waals surface area contributed by atoms with Crippen LogP contribution in [0.5, 0.6) is 5.75 Å². The van der Waals surface area contributed by atoms with Gasteiger partial charge >= 0.3 is 0 Å². The van der Waals surface area contributed by atoms with Gasteiger partial charge in [0.1, 0.15) is 18.3 Å². The highest BCUT2D eigenvalue weighted by atomic mass is 35.5. The van der Waals surface area contributed by atoms with Crippen molar-refractivity contribution in [1.29, 1.82) is 0 Å². The Hall–Kier alpha value is -3.27. The number of para-hydroxylation sites is 2. The summed E-state index contributed by atoms with van der Waals surface area (Å²) in [5.41, 5.74) is 0.843. The van der Waals surface area contributed by atoms with E-state index in [4.69, 9.17) is 27.9 Å². The number of benzene rings is 3. The molecule has 0 bridgehead atoms. The van der Waals surface area contributed by atoms with Crippen molar-refractivity contribution in [2.24, 2.45) is 0 Å². The maximum absolute atomic E-state index is 14.1. The normalized spacial score (nSPS) is 14.6. The Morgan fingerprint density at radius 2 is 1.62 bits per heavy atom. The summed E-state index contributed by atoms with van der Waals surface area (Å²) in [6.07, 6.45) is 4.98. The molecule has 11 heteroatoms. The highest BCUT2D eigenvalue weighted by Gasteiger charge is 2.34. The maximum Gasteiger partial charge on any atom is 0.264 e. The molecule has 2 amide bonds. The van der Waals surface area contributed by atoms with Crippen molar-refractivity contribution in [1.82, 2.24) is 10.2 Å². The van der Waals surface area contributed by atoms with Crippen molar-refractivity contribution < 1.29 is 22.7 Å². The Balaban J connectivity index is 1.71. The summed E-state index contributed by atoms with van der Waals surface area (Å²) in [6.45, 7) is 1.09. The fourth-order valence-electron chi connectivity index (χ4n) is 5.05. The second-order valence-electron chi connectivity index (χ2n) is 10.3. The van der Waals surface area contributed by atoms with E-state index in [2.05, 4.69) is 5.32 Å². The van der Waals surface area contributed by atoms with Crippen LogP contribution in [0.3, 0.4) is 0 Å². The number of nitrogens with zero attached hydrogens (tertiary/aromatic N) is 2. The van der Waals surface area contributed by atoms with Crippen molar-refractivity contribution >= 4 is 50.7 Å². The minimum Gasteiger partial charge on any atom is -0.495 e. The molecule has 0 heterocycles. The van der Waals surface area contributed by atoms with Crippen LogP contribution in [-0.4, -0.2) is 50.9 Å². The lowest BCUT2D eigenvalue weighted by atomic mass is 9.95. The first-order valence-corrected chi connectivity index (χ1v) is 16.1. The van der Waals surface area contributed by atoms with Crippen LogP contribution in [0.25, 0.3) is 0 Å². The number of halogens is 2. The minimum absolute atomic E-state index is 0.0140. The number of amides is 2. The molecule has 0 saturated heterocycles. The zero-order valence-electron chi connectivity index (χ0n) is 23.6. The molecule has 1 saturated carbocycles. The smallest absolute Gasteiger partial charge is 0.264 e. The third kappa shape index (κ3) is 7.56. The van der Waals surface area contributed by atoms with Gasteiger partial charge in [-0.25, -0.2) is 8.42 Å². The van der Waals surface area contributed by atoms with E-state index in [-0.39, 0.29) is 34.8 Å². The van der Waals surface area contributed by atoms with Gasteiger partial charge in [0.05, 0.1) is 27.7 Å². The van der Waals surface area contributed by atoms with Crippen LogP contribution < -0.4 is 14.4 Å². The summed E-state index contributed by atoms with van der Waals surface area (Å²) in [7, 11) is -2.77. The first-order chi connectivity index (χ1) is 20.1. The molecule has 0 radical (unpaired) electrons. The molecule has 0 aromatic heterocycles. The molecule has 4 rings (SSSR count). The fraction of sp³-hybridized carbons (Fsp3) is 0.355. The average Bonchev–Trinajstić information content (AvgIpc) is 3.00. The molecule has 1 N–H and O–H groups in total. The Morgan fingerprint density at radius 3 is 2.29 bits per heavy atom. The SMILES string of the molecule is COc1ccccc1N(CC(=O)N(Cc1ccc(Cl)c(Cl)c1)C(C)C(=O)NC1CCCCC1)S(=O)(=O)c1ccccc1. The zero-order chi connectivity index (χ0) is 30.3. The molecule has 1 aliphatic carbocycles. The van der Waals surface area contributed by atoms with E-state index in [0.29, 0.717) is 15.6 Å². The molecule has 8 nitrogen and oxygen atoms in total. The number of hydrogen-bond donors (Lipinski definition) is 1. The van der Waals surface area contributed by atoms with Crippen molar-refractivity contribution in [3.05, 3.63) is 88.4 Å². The van der Waals surface area contributed by atoms with Crippen LogP contribution in [0.1, 0.15) is 44.6 Å². The van der Waals surface area contributed by atoms with E-state index < -0.39 is 28.5 Å². The summed E-state index contributed by atoms with van der Waals surface area (Å²) in [5, 5.41) is 3.76. The number of methoxy groups -OCH3 is 1. The number of hydrogen-bond acceptors (Lipinski definition) is 5. The van der Waals surface area contributed by atoms with Crippen LogP contribution in [0.15, 0.2) is 77.7 Å². The summed E-state index contributed by atoms with van der Waals surface area (Å²) >= 11 is 12.4. The van der Waals surface area contributed by atoms with Gasteiger partial charge in [0.15, 0.2) is 0 Å². The van der Waals surface area contributed by atoms with Gasteiger partial charge < -0.3 is 15.0 Å². The molecule has 3 aromatic carbocycles. The van der Waals surface area contributed by atoms with Crippen LogP contribution in [0.2, 0.25) is 10.0 Å². The van der Waals surface area contributed by atoms with E-state index in [1.807, 2.05) is 0 Å². The molecule has 224 valence electrons. The molecule has 0 aliphatic heterocycles. The third-order valence-corrected chi connectivity index (χ3v) is 9.93. The van der Waals surface area contributed by atoms with Crippen molar-refractivity contribution in [3.63, 3.8) is 0 Å². The summed E-state index contributed by atoms with van der Waals surface area (Å²) < 4.78 is 34.4. The first-order valence-electron chi connectivity index (χ1n) is 13.9. The average molecular weight is 633 g/mol. The summed E-state index contributed by atoms with van der Waals surface area (Å²) in [4.78, 5) is 29.0. The lowest BCUT2D eigenvalue weighted by Crippen LogP contribution is -2.53. The van der Waals surface area contributed by atoms with Gasteiger partial charge in [0.25, 0.3) is 10.0 Å². The molecule has 1 atom stereocenters. The third-order valence-electron chi connectivity index (χ3n) is 7.42. The standard InChI is InChI=1S/C31H35Cl2N3O5S/c1-22(31(38)34-24-11-5-3-6-12-24)35(20-23-17-18-26(32)27(33)19-23)30(37)21-36(28-15-9-10-16-29(28)41-2)42(39,40)25-13-7-4-8-14-25/h4,7-10,13-19,22,24H,3,5-6,11-12,20-21H2,1-2H3,(H,34,38). The molecule has 1 unspecified atom stereocenters. The molecule has 1 fully saturated rings. The minimum atomic E-state index is -4.20. The van der Waals surface area contributed by atoms with E-state index in [1.54, 1.807) is 67.6 Å². The van der Waals surface area contributed by atoms with Crippen LogP contribution in [0, 0.1) is 0 Å². The predicted octanol–water partition coefficient (Wildman–Crippen LogP) is 6.06. The van der Waals surface area contributed by atoms with Crippen molar-refractivity contribution in [2.45, 2.75) is 62.6 Å². The quantitative estimate of drug-likeness (QED) is 0.277. The van der Waals surface area contributed by atoms with Gasteiger partial charge in [0.2, 0.25) is 11.8 Å². The Labute approximate surface area is 257 Å². The predicted molar refractivity (Wildman–Crippen MR) is 165 cm³/mol. The Morgan fingerprint density at radius 1 is 0.952 bits per heavy atom. The second-order valence-corrected chi connectivity index (χ2v) is 13.0. The largest absolute Gasteiger partial charge is 0.495 e. The Bertz CT molecular complexity index is 1500. The molecule has 1 aliphatic rings. The topological polar surface area (TPSA) is 96.0 Å². The second kappa shape index (κ2) is 14.3. The number of ether oxygens (including phenoxy) is 1. The van der Waals surface area contributed by atoms with Gasteiger partial charge in [-0.1, -0.05) is 78.9 Å². The highest BCUT2D eigenvalue weighted by Crippen LogP contribution is 2.33. The number of sulfonamides is 1. The first kappa shape index (κ1) is 31.7. The number of nitrogens with one attached hydrogen (secondary N) is 1. The maximum atomic E-state index is 14.1. The fourth-order valence-corrected chi connectivity index (χ4v) is 6.82. The number of anilines is 1. The van der Waals surface area contributed by atoms with E-state index >= 15 is 0 Å².